The van der Waals surface area contributed by atoms with Crippen LogP contribution < -0.4 is 5.73 Å². The lowest BCUT2D eigenvalue weighted by atomic mass is 9.92. The van der Waals surface area contributed by atoms with Gasteiger partial charge >= 0.3 is 0 Å². The van der Waals surface area contributed by atoms with Gasteiger partial charge in [0.25, 0.3) is 10.0 Å². The monoisotopic (exact) mass is 289 g/mol. The molecule has 0 bridgehead atoms. The molecule has 18 heavy (non-hydrogen) atoms. The van der Waals surface area contributed by atoms with Crippen LogP contribution in [0.4, 0.5) is 0 Å². The average molecular weight is 289 g/mol. The molecule has 0 radical (unpaired) electrons. The topological polar surface area (TPSA) is 76.3 Å². The van der Waals surface area contributed by atoms with Crippen LogP contribution in [0.5, 0.6) is 0 Å². The first-order valence-electron chi connectivity index (χ1n) is 6.07. The Morgan fingerprint density at radius 2 is 2.00 bits per heavy atom. The summed E-state index contributed by atoms with van der Waals surface area (Å²) >= 11 is 1.22. The van der Waals surface area contributed by atoms with Crippen LogP contribution in [0.15, 0.2) is 10.4 Å². The predicted octanol–water partition coefficient (Wildman–Crippen LogP) is 1.34. The van der Waals surface area contributed by atoms with Gasteiger partial charge in [0.05, 0.1) is 11.2 Å². The van der Waals surface area contributed by atoms with Crippen LogP contribution in [-0.4, -0.2) is 36.8 Å². The van der Waals surface area contributed by atoms with E-state index in [1.165, 1.54) is 21.8 Å². The lowest BCUT2D eigenvalue weighted by molar-refractivity contribution is 0.269. The summed E-state index contributed by atoms with van der Waals surface area (Å²) in [6, 6.07) is 0.292. The molecule has 1 aliphatic carbocycles. The van der Waals surface area contributed by atoms with E-state index >= 15 is 0 Å². The van der Waals surface area contributed by atoms with Crippen molar-refractivity contribution in [2.75, 3.05) is 7.05 Å². The quantitative estimate of drug-likeness (QED) is 0.911. The highest BCUT2D eigenvalue weighted by atomic mass is 32.2. The van der Waals surface area contributed by atoms with Crippen molar-refractivity contribution in [1.82, 2.24) is 9.29 Å². The zero-order valence-electron chi connectivity index (χ0n) is 10.7. The summed E-state index contributed by atoms with van der Waals surface area (Å²) in [6.07, 6.45) is 4.92. The van der Waals surface area contributed by atoms with E-state index in [1.807, 2.05) is 6.92 Å². The largest absolute Gasteiger partial charge is 0.328 e. The van der Waals surface area contributed by atoms with Gasteiger partial charge in [0.15, 0.2) is 4.21 Å². The summed E-state index contributed by atoms with van der Waals surface area (Å²) in [7, 11) is -1.73. The molecule has 1 saturated carbocycles. The van der Waals surface area contributed by atoms with Crippen molar-refractivity contribution in [1.29, 1.82) is 0 Å². The fourth-order valence-electron chi connectivity index (χ4n) is 2.26. The molecule has 5 nitrogen and oxygen atoms in total. The maximum absolute atomic E-state index is 12.4. The van der Waals surface area contributed by atoms with E-state index < -0.39 is 10.0 Å². The molecule has 0 amide bonds. The first-order valence-corrected chi connectivity index (χ1v) is 8.33. The number of hydrogen-bond acceptors (Lipinski definition) is 5. The van der Waals surface area contributed by atoms with Gasteiger partial charge in [-0.3, -0.25) is 0 Å². The molecule has 1 aromatic heterocycles. The zero-order valence-corrected chi connectivity index (χ0v) is 12.3. The average Bonchev–Trinajstić information content (AvgIpc) is 2.76. The Balaban J connectivity index is 2.15. The number of aryl methyl sites for hydroxylation is 1. The Morgan fingerprint density at radius 3 is 2.50 bits per heavy atom. The molecule has 0 spiro atoms. The summed E-state index contributed by atoms with van der Waals surface area (Å²) in [6.45, 7) is 1.81. The van der Waals surface area contributed by atoms with Crippen molar-refractivity contribution in [3.63, 3.8) is 0 Å². The number of thiazole rings is 1. The number of aromatic nitrogens is 1. The van der Waals surface area contributed by atoms with E-state index in [4.69, 9.17) is 5.73 Å². The maximum atomic E-state index is 12.4. The Morgan fingerprint density at radius 1 is 1.39 bits per heavy atom. The molecule has 1 fully saturated rings. The van der Waals surface area contributed by atoms with Gasteiger partial charge in [-0.1, -0.05) is 0 Å². The Hall–Kier alpha value is -0.500. The first kappa shape index (κ1) is 13.9. The number of hydrogen-bond donors (Lipinski definition) is 1. The fraction of sp³-hybridized carbons (Fsp3) is 0.727. The molecule has 0 atom stereocenters. The molecule has 1 heterocycles. The van der Waals surface area contributed by atoms with Crippen LogP contribution in [0.1, 0.15) is 30.7 Å². The van der Waals surface area contributed by atoms with Gasteiger partial charge in [-0.2, -0.15) is 4.31 Å². The van der Waals surface area contributed by atoms with Crippen LogP contribution in [0.3, 0.4) is 0 Å². The third-order valence-electron chi connectivity index (χ3n) is 3.49. The molecule has 1 aliphatic rings. The molecule has 1 aromatic rings. The number of nitrogens with two attached hydrogens (primary N) is 1. The van der Waals surface area contributed by atoms with Crippen molar-refractivity contribution in [2.45, 2.75) is 48.9 Å². The van der Waals surface area contributed by atoms with Crippen molar-refractivity contribution >= 4 is 21.4 Å². The zero-order chi connectivity index (χ0) is 13.3. The summed E-state index contributed by atoms with van der Waals surface area (Å²) < 4.78 is 26.6. The van der Waals surface area contributed by atoms with Gasteiger partial charge in [0, 0.05) is 19.1 Å². The van der Waals surface area contributed by atoms with Crippen LogP contribution >= 0.6 is 11.3 Å². The van der Waals surface area contributed by atoms with Gasteiger partial charge in [-0.15, -0.1) is 11.3 Å². The lowest BCUT2D eigenvalue weighted by Gasteiger charge is -2.32. The molecule has 0 aromatic carbocycles. The molecule has 7 heteroatoms. The normalized spacial score (nSPS) is 25.6. The predicted molar refractivity (Wildman–Crippen MR) is 72.0 cm³/mol. The van der Waals surface area contributed by atoms with Crippen LogP contribution in [0, 0.1) is 6.92 Å². The van der Waals surface area contributed by atoms with Crippen molar-refractivity contribution in [3.05, 3.63) is 11.2 Å². The number of sulfonamides is 1. The van der Waals surface area contributed by atoms with Crippen LogP contribution in [-0.2, 0) is 10.0 Å². The van der Waals surface area contributed by atoms with Gasteiger partial charge in [0.1, 0.15) is 0 Å². The van der Waals surface area contributed by atoms with Crippen LogP contribution in [0.25, 0.3) is 0 Å². The molecule has 2 N–H and O–H groups in total. The second kappa shape index (κ2) is 5.24. The fourth-order valence-corrected chi connectivity index (χ4v) is 4.98. The minimum atomic E-state index is -3.39. The highest BCUT2D eigenvalue weighted by Crippen LogP contribution is 2.28. The third kappa shape index (κ3) is 2.74. The third-order valence-corrected chi connectivity index (χ3v) is 6.75. The summed E-state index contributed by atoms with van der Waals surface area (Å²) in [5.41, 5.74) is 5.84. The standard InChI is InChI=1S/C11H19N3O2S2/c1-8-13-7-11(17-8)18(15,16)14(2)10-5-3-9(12)4-6-10/h7,9-10H,3-6,12H2,1-2H3. The van der Waals surface area contributed by atoms with E-state index in [1.54, 1.807) is 7.05 Å². The molecule has 0 aliphatic heterocycles. The smallest absolute Gasteiger partial charge is 0.254 e. The number of nitrogens with zero attached hydrogens (tertiary/aromatic N) is 2. The molecule has 2 rings (SSSR count). The molecular formula is C11H19N3O2S2. The Bertz CT molecular complexity index is 504. The van der Waals surface area contributed by atoms with E-state index in [0.717, 1.165) is 30.7 Å². The van der Waals surface area contributed by atoms with Gasteiger partial charge in [-0.25, -0.2) is 13.4 Å². The lowest BCUT2D eigenvalue weighted by Crippen LogP contribution is -2.41. The number of rotatable bonds is 3. The van der Waals surface area contributed by atoms with Crippen molar-refractivity contribution < 1.29 is 8.42 Å². The second-order valence-electron chi connectivity index (χ2n) is 4.79. The van der Waals surface area contributed by atoms with Crippen molar-refractivity contribution in [2.24, 2.45) is 5.73 Å². The van der Waals surface area contributed by atoms with E-state index in [0.29, 0.717) is 4.21 Å². The first-order chi connectivity index (χ1) is 8.41. The SMILES string of the molecule is Cc1ncc(S(=O)(=O)N(C)C2CCC(N)CC2)s1. The van der Waals surface area contributed by atoms with E-state index in [-0.39, 0.29) is 12.1 Å². The summed E-state index contributed by atoms with van der Waals surface area (Å²) in [5, 5.41) is 0.771. The molecule has 0 unspecified atom stereocenters. The summed E-state index contributed by atoms with van der Waals surface area (Å²) in [5.74, 6) is 0. The summed E-state index contributed by atoms with van der Waals surface area (Å²) in [4.78, 5) is 4.02. The van der Waals surface area contributed by atoms with E-state index in [2.05, 4.69) is 4.98 Å². The minimum Gasteiger partial charge on any atom is -0.328 e. The van der Waals surface area contributed by atoms with Crippen molar-refractivity contribution in [3.8, 4) is 0 Å². The Labute approximate surface area is 112 Å². The highest BCUT2D eigenvalue weighted by molar-refractivity contribution is 7.91. The van der Waals surface area contributed by atoms with Gasteiger partial charge < -0.3 is 5.73 Å². The highest BCUT2D eigenvalue weighted by Gasteiger charge is 2.31. The van der Waals surface area contributed by atoms with Gasteiger partial charge in [-0.05, 0) is 32.6 Å². The van der Waals surface area contributed by atoms with E-state index in [9.17, 15) is 8.42 Å². The molecular weight excluding hydrogens is 270 g/mol. The molecule has 0 saturated heterocycles. The second-order valence-corrected chi connectivity index (χ2v) is 8.25. The van der Waals surface area contributed by atoms with Gasteiger partial charge in [0.2, 0.25) is 0 Å². The Kier molecular flexibility index (Phi) is 4.05. The maximum Gasteiger partial charge on any atom is 0.254 e. The molecule has 102 valence electrons. The minimum absolute atomic E-state index is 0.0669. The van der Waals surface area contributed by atoms with Crippen LogP contribution in [0.2, 0.25) is 0 Å².